The highest BCUT2D eigenvalue weighted by molar-refractivity contribution is 9.09. The number of alkyl halides is 1. The molecule has 0 bridgehead atoms. The molecule has 0 heterocycles. The highest BCUT2D eigenvalue weighted by Crippen LogP contribution is 2.35. The van der Waals surface area contributed by atoms with Crippen molar-refractivity contribution in [3.63, 3.8) is 0 Å². The fraction of sp³-hybridized carbons (Fsp3) is 0.231. The van der Waals surface area contributed by atoms with Crippen molar-refractivity contribution in [1.82, 2.24) is 0 Å². The second-order valence-electron chi connectivity index (χ2n) is 3.61. The first-order valence-corrected chi connectivity index (χ1v) is 7.33. The lowest BCUT2D eigenvalue weighted by molar-refractivity contribution is -0.131. The summed E-state index contributed by atoms with van der Waals surface area (Å²) in [6, 6.07) is 5.55. The molecule has 0 saturated heterocycles. The molecule has 0 aliphatic carbocycles. The molecule has 1 rings (SSSR count). The number of aliphatic carboxylic acids is 1. The lowest BCUT2D eigenvalue weighted by Gasteiger charge is -2.14. The van der Waals surface area contributed by atoms with E-state index in [0.29, 0.717) is 0 Å². The summed E-state index contributed by atoms with van der Waals surface area (Å²) in [7, 11) is 0. The Labute approximate surface area is 118 Å². The first kappa shape index (κ1) is 15.0. The van der Waals surface area contributed by atoms with E-state index in [1.807, 2.05) is 18.4 Å². The molecule has 0 aromatic heterocycles. The summed E-state index contributed by atoms with van der Waals surface area (Å²) in [6.07, 6.45) is 4.50. The largest absolute Gasteiger partial charge is 0.478 e. The zero-order valence-electron chi connectivity index (χ0n) is 10.0. The number of carbonyl (C=O) groups is 2. The van der Waals surface area contributed by atoms with Crippen molar-refractivity contribution in [1.29, 1.82) is 0 Å². The highest BCUT2D eigenvalue weighted by atomic mass is 79.9. The summed E-state index contributed by atoms with van der Waals surface area (Å²) in [5.41, 5.74) is 1.55. The van der Waals surface area contributed by atoms with Gasteiger partial charge in [0.1, 0.15) is 5.78 Å². The van der Waals surface area contributed by atoms with E-state index in [-0.39, 0.29) is 5.78 Å². The number of thioether (sulfide) groups is 1. The van der Waals surface area contributed by atoms with Gasteiger partial charge in [0.05, 0.1) is 4.83 Å². The molecule has 3 nitrogen and oxygen atoms in total. The third kappa shape index (κ3) is 3.71. The zero-order chi connectivity index (χ0) is 13.7. The van der Waals surface area contributed by atoms with Crippen molar-refractivity contribution in [3.05, 3.63) is 35.4 Å². The lowest BCUT2D eigenvalue weighted by Crippen LogP contribution is -2.05. The molecule has 1 aromatic carbocycles. The average molecular weight is 329 g/mol. The van der Waals surface area contributed by atoms with Crippen molar-refractivity contribution in [2.24, 2.45) is 0 Å². The van der Waals surface area contributed by atoms with Crippen molar-refractivity contribution in [2.75, 3.05) is 6.26 Å². The van der Waals surface area contributed by atoms with Crippen LogP contribution >= 0.6 is 27.7 Å². The summed E-state index contributed by atoms with van der Waals surface area (Å²) in [5.74, 6) is -1.02. The first-order valence-electron chi connectivity index (χ1n) is 5.19. The molecular weight excluding hydrogens is 316 g/mol. The zero-order valence-corrected chi connectivity index (χ0v) is 12.4. The Hall–Kier alpha value is -1.07. The van der Waals surface area contributed by atoms with Crippen molar-refractivity contribution < 1.29 is 14.7 Å². The number of ketones is 1. The van der Waals surface area contributed by atoms with Crippen molar-refractivity contribution in [2.45, 2.75) is 16.6 Å². The van der Waals surface area contributed by atoms with Crippen molar-refractivity contribution in [3.8, 4) is 0 Å². The quantitative estimate of drug-likeness (QED) is 0.510. The molecule has 1 atom stereocenters. The number of hydrogen-bond donors (Lipinski definition) is 1. The van der Waals surface area contributed by atoms with Crippen molar-refractivity contribution >= 4 is 45.5 Å². The van der Waals surface area contributed by atoms with Crippen LogP contribution in [0.2, 0.25) is 0 Å². The van der Waals surface area contributed by atoms with Crippen LogP contribution in [0.5, 0.6) is 0 Å². The predicted molar refractivity (Wildman–Crippen MR) is 77.2 cm³/mol. The standard InChI is InChI=1S/C13H13BrO3S/c1-8(15)13(14)12-9(6-7-11(16)17)4-3-5-10(12)18-2/h3-7,13H,1-2H3,(H,16,17). The second-order valence-corrected chi connectivity index (χ2v) is 5.37. The number of rotatable bonds is 5. The summed E-state index contributed by atoms with van der Waals surface area (Å²) < 4.78 is 0. The maximum Gasteiger partial charge on any atom is 0.328 e. The summed E-state index contributed by atoms with van der Waals surface area (Å²) in [4.78, 5) is 22.6. The highest BCUT2D eigenvalue weighted by Gasteiger charge is 2.19. The van der Waals surface area contributed by atoms with Gasteiger partial charge in [-0.2, -0.15) is 0 Å². The van der Waals surface area contributed by atoms with Gasteiger partial charge in [0.25, 0.3) is 0 Å². The Bertz CT molecular complexity index is 497. The van der Waals surface area contributed by atoms with Gasteiger partial charge in [-0.3, -0.25) is 4.79 Å². The number of carboxylic acids is 1. The summed E-state index contributed by atoms with van der Waals surface area (Å²) in [5, 5.41) is 8.67. The molecule has 0 spiro atoms. The van der Waals surface area contributed by atoms with Gasteiger partial charge in [0.15, 0.2) is 0 Å². The molecule has 1 N–H and O–H groups in total. The van der Waals surface area contributed by atoms with E-state index >= 15 is 0 Å². The van der Waals surface area contributed by atoms with Gasteiger partial charge in [-0.15, -0.1) is 11.8 Å². The maximum absolute atomic E-state index is 11.5. The van der Waals surface area contributed by atoms with Crippen LogP contribution in [0.25, 0.3) is 6.08 Å². The van der Waals surface area contributed by atoms with E-state index in [9.17, 15) is 9.59 Å². The van der Waals surface area contributed by atoms with Crippen LogP contribution < -0.4 is 0 Å². The number of benzene rings is 1. The SMILES string of the molecule is CSc1cccc(C=CC(=O)O)c1C(Br)C(C)=O. The summed E-state index contributed by atoms with van der Waals surface area (Å²) >= 11 is 4.88. The predicted octanol–water partition coefficient (Wildman–Crippen LogP) is 3.53. The van der Waals surface area contributed by atoms with E-state index in [0.717, 1.165) is 22.1 Å². The third-order valence-corrected chi connectivity index (χ3v) is 4.23. The second kappa shape index (κ2) is 6.75. The normalized spacial score (nSPS) is 12.6. The van der Waals surface area contributed by atoms with E-state index in [2.05, 4.69) is 15.9 Å². The minimum absolute atomic E-state index is 0.0125. The van der Waals surface area contributed by atoms with Gasteiger partial charge in [0, 0.05) is 11.0 Å². The molecule has 5 heteroatoms. The van der Waals surface area contributed by atoms with Crippen LogP contribution in [-0.2, 0) is 9.59 Å². The third-order valence-electron chi connectivity index (χ3n) is 2.34. The van der Waals surface area contributed by atoms with Gasteiger partial charge in [-0.05, 0) is 36.4 Å². The van der Waals surface area contributed by atoms with E-state index < -0.39 is 10.8 Å². The van der Waals surface area contributed by atoms with Crippen LogP contribution in [0.4, 0.5) is 0 Å². The Balaban J connectivity index is 3.33. The Kier molecular flexibility index (Phi) is 5.62. The fourth-order valence-corrected chi connectivity index (χ4v) is 2.85. The van der Waals surface area contributed by atoms with Gasteiger partial charge >= 0.3 is 5.97 Å². The Morgan fingerprint density at radius 3 is 2.61 bits per heavy atom. The number of halogens is 1. The van der Waals surface area contributed by atoms with Gasteiger partial charge in [-0.25, -0.2) is 4.79 Å². The minimum atomic E-state index is -1.01. The molecule has 0 aliphatic heterocycles. The minimum Gasteiger partial charge on any atom is -0.478 e. The Morgan fingerprint density at radius 2 is 2.11 bits per heavy atom. The number of Topliss-reactive ketones (excluding diaryl/α,β-unsaturated/α-hetero) is 1. The van der Waals surface area contributed by atoms with Crippen LogP contribution in [0.15, 0.2) is 29.2 Å². The number of carbonyl (C=O) groups excluding carboxylic acids is 1. The molecular formula is C13H13BrO3S. The molecule has 1 unspecified atom stereocenters. The van der Waals surface area contributed by atoms with Gasteiger partial charge < -0.3 is 5.11 Å². The van der Waals surface area contributed by atoms with Crippen LogP contribution in [-0.4, -0.2) is 23.1 Å². The van der Waals surface area contributed by atoms with Crippen LogP contribution in [0, 0.1) is 0 Å². The summed E-state index contributed by atoms with van der Waals surface area (Å²) in [6.45, 7) is 1.50. The fourth-order valence-electron chi connectivity index (χ4n) is 1.52. The first-order chi connectivity index (χ1) is 8.47. The maximum atomic E-state index is 11.5. The van der Waals surface area contributed by atoms with Gasteiger partial charge in [0.2, 0.25) is 0 Å². The molecule has 18 heavy (non-hydrogen) atoms. The molecule has 0 fully saturated rings. The molecule has 1 aromatic rings. The van der Waals surface area contributed by atoms with E-state index in [4.69, 9.17) is 5.11 Å². The molecule has 96 valence electrons. The van der Waals surface area contributed by atoms with Crippen LogP contribution in [0.3, 0.4) is 0 Å². The molecule has 0 saturated carbocycles. The van der Waals surface area contributed by atoms with E-state index in [1.165, 1.54) is 24.8 Å². The molecule has 0 radical (unpaired) electrons. The number of carboxylic acid groups (broad SMARTS) is 1. The van der Waals surface area contributed by atoms with Gasteiger partial charge in [-0.1, -0.05) is 28.1 Å². The average Bonchev–Trinajstić information content (AvgIpc) is 2.34. The number of hydrogen-bond acceptors (Lipinski definition) is 3. The molecule has 0 amide bonds. The topological polar surface area (TPSA) is 54.4 Å². The van der Waals surface area contributed by atoms with Crippen LogP contribution in [0.1, 0.15) is 22.9 Å². The Morgan fingerprint density at radius 1 is 1.44 bits per heavy atom. The van der Waals surface area contributed by atoms with E-state index in [1.54, 1.807) is 6.07 Å². The molecule has 0 aliphatic rings. The smallest absolute Gasteiger partial charge is 0.328 e. The lowest BCUT2D eigenvalue weighted by atomic mass is 10.0. The monoisotopic (exact) mass is 328 g/mol.